The fourth-order valence-corrected chi connectivity index (χ4v) is 7.66. The first-order valence-electron chi connectivity index (χ1n) is 18.9. The monoisotopic (exact) mass is 727 g/mol. The van der Waals surface area contributed by atoms with E-state index in [1.807, 2.05) is 42.5 Å². The summed E-state index contributed by atoms with van der Waals surface area (Å²) in [4.78, 5) is 15.6. The lowest BCUT2D eigenvalue weighted by Crippen LogP contribution is -2.04. The highest BCUT2D eigenvalue weighted by Crippen LogP contribution is 2.39. The first kappa shape index (κ1) is 33.6. The van der Waals surface area contributed by atoms with E-state index in [2.05, 4.69) is 168 Å². The molecule has 0 radical (unpaired) electrons. The van der Waals surface area contributed by atoms with Crippen molar-refractivity contribution >= 4 is 21.8 Å². The van der Waals surface area contributed by atoms with E-state index in [0.717, 1.165) is 77.6 Å². The number of nitrogens with zero attached hydrogens (tertiary/aromatic N) is 5. The maximum Gasteiger partial charge on any atom is 0.166 e. The van der Waals surface area contributed by atoms with Crippen LogP contribution < -0.4 is 0 Å². The van der Waals surface area contributed by atoms with E-state index < -0.39 is 0 Å². The number of benzene rings is 8. The molecule has 2 heterocycles. The summed E-state index contributed by atoms with van der Waals surface area (Å²) >= 11 is 0. The zero-order valence-corrected chi connectivity index (χ0v) is 30.8. The topological polar surface area (TPSA) is 67.4 Å². The second-order valence-corrected chi connectivity index (χ2v) is 14.0. The molecule has 5 nitrogen and oxygen atoms in total. The van der Waals surface area contributed by atoms with Gasteiger partial charge in [0.15, 0.2) is 17.5 Å². The maximum absolute atomic E-state index is 9.86. The summed E-state index contributed by atoms with van der Waals surface area (Å²) in [6, 6.07) is 71.0. The van der Waals surface area contributed by atoms with Gasteiger partial charge in [-0.15, -0.1) is 0 Å². The summed E-state index contributed by atoms with van der Waals surface area (Å²) in [5.41, 5.74) is 12.9. The summed E-state index contributed by atoms with van der Waals surface area (Å²) < 4.78 is 2.28. The number of hydrogen-bond acceptors (Lipinski definition) is 4. The molecule has 8 aromatic carbocycles. The lowest BCUT2D eigenvalue weighted by Gasteiger charge is -2.16. The molecule has 0 bridgehead atoms. The van der Waals surface area contributed by atoms with Gasteiger partial charge in [-0.2, -0.15) is 5.26 Å². The Labute approximate surface area is 330 Å². The van der Waals surface area contributed by atoms with E-state index in [1.54, 1.807) is 0 Å². The largest absolute Gasteiger partial charge is 0.308 e. The number of fused-ring (bicyclic) bond motifs is 3. The smallest absolute Gasteiger partial charge is 0.166 e. The third-order valence-electron chi connectivity index (χ3n) is 10.5. The Morgan fingerprint density at radius 3 is 1.35 bits per heavy atom. The lowest BCUT2D eigenvalue weighted by molar-refractivity contribution is 1.06. The quantitative estimate of drug-likeness (QED) is 0.164. The summed E-state index contributed by atoms with van der Waals surface area (Å²) in [5.74, 6) is 1.73. The zero-order valence-electron chi connectivity index (χ0n) is 30.8. The maximum atomic E-state index is 9.86. The van der Waals surface area contributed by atoms with Crippen LogP contribution >= 0.6 is 0 Å². The number of para-hydroxylation sites is 1. The average molecular weight is 728 g/mol. The standard InChI is InChI=1S/C52H33N5/c53-34-35-20-31-48-46(32-35)44-18-10-11-19-47(44)57(48)49-33-43(38-16-8-3-9-17-38)29-30-45(49)52-55-50(41-25-21-39(22-26-41)36-12-4-1-5-13-36)54-51(56-52)42-27-23-40(24-28-42)37-14-6-2-7-15-37/h1-33H. The normalized spacial score (nSPS) is 11.1. The van der Waals surface area contributed by atoms with Gasteiger partial charge in [-0.3, -0.25) is 0 Å². The van der Waals surface area contributed by atoms with Crippen molar-refractivity contribution in [3.05, 3.63) is 206 Å². The molecule has 10 aromatic rings. The van der Waals surface area contributed by atoms with Crippen LogP contribution in [0.2, 0.25) is 0 Å². The fourth-order valence-electron chi connectivity index (χ4n) is 7.66. The molecule has 5 heteroatoms. The minimum Gasteiger partial charge on any atom is -0.308 e. The van der Waals surface area contributed by atoms with Crippen LogP contribution in [-0.4, -0.2) is 19.5 Å². The molecule has 57 heavy (non-hydrogen) atoms. The van der Waals surface area contributed by atoms with Crippen LogP contribution in [0.5, 0.6) is 0 Å². The molecule has 0 N–H and O–H groups in total. The van der Waals surface area contributed by atoms with Gasteiger partial charge >= 0.3 is 0 Å². The number of rotatable bonds is 7. The highest BCUT2D eigenvalue weighted by atomic mass is 15.1. The highest BCUT2D eigenvalue weighted by Gasteiger charge is 2.21. The molecule has 0 saturated carbocycles. The molecule has 266 valence electrons. The van der Waals surface area contributed by atoms with Crippen molar-refractivity contribution in [2.75, 3.05) is 0 Å². The predicted octanol–water partition coefficient (Wildman–Crippen LogP) is 12.8. The van der Waals surface area contributed by atoms with Crippen molar-refractivity contribution in [2.45, 2.75) is 0 Å². The number of nitriles is 1. The second-order valence-electron chi connectivity index (χ2n) is 14.0. The molecule has 2 aromatic heterocycles. The molecule has 10 rings (SSSR count). The van der Waals surface area contributed by atoms with E-state index >= 15 is 0 Å². The minimum absolute atomic E-state index is 0.559. The van der Waals surface area contributed by atoms with Crippen molar-refractivity contribution < 1.29 is 0 Å². The lowest BCUT2D eigenvalue weighted by atomic mass is 10.0. The van der Waals surface area contributed by atoms with Crippen molar-refractivity contribution in [2.24, 2.45) is 0 Å². The van der Waals surface area contributed by atoms with Gasteiger partial charge in [-0.25, -0.2) is 15.0 Å². The van der Waals surface area contributed by atoms with Crippen LogP contribution in [0.4, 0.5) is 0 Å². The van der Waals surface area contributed by atoms with Gasteiger partial charge in [0.05, 0.1) is 28.4 Å². The van der Waals surface area contributed by atoms with Crippen LogP contribution in [0.1, 0.15) is 5.56 Å². The van der Waals surface area contributed by atoms with Gasteiger partial charge in [-0.1, -0.05) is 164 Å². The molecular formula is C52H33N5. The van der Waals surface area contributed by atoms with E-state index in [-0.39, 0.29) is 0 Å². The highest BCUT2D eigenvalue weighted by molar-refractivity contribution is 6.10. The number of hydrogen-bond donors (Lipinski definition) is 0. The van der Waals surface area contributed by atoms with Gasteiger partial charge in [0.2, 0.25) is 0 Å². The molecular weight excluding hydrogens is 695 g/mol. The van der Waals surface area contributed by atoms with E-state index in [9.17, 15) is 5.26 Å². The molecule has 0 aliphatic carbocycles. The Hall–Kier alpha value is -7.94. The third kappa shape index (κ3) is 6.32. The van der Waals surface area contributed by atoms with Crippen LogP contribution in [0.25, 0.3) is 95.0 Å². The molecule has 0 amide bonds. The Morgan fingerprint density at radius 1 is 0.351 bits per heavy atom. The molecule has 0 aliphatic heterocycles. The molecule has 0 unspecified atom stereocenters. The van der Waals surface area contributed by atoms with E-state index in [4.69, 9.17) is 15.0 Å². The molecule has 0 atom stereocenters. The Balaban J connectivity index is 1.20. The molecule has 0 saturated heterocycles. The van der Waals surface area contributed by atoms with Crippen molar-refractivity contribution in [1.82, 2.24) is 19.5 Å². The SMILES string of the molecule is N#Cc1ccc2c(c1)c1ccccc1n2-c1cc(-c2ccccc2)ccc1-c1nc(-c2ccc(-c3ccccc3)cc2)nc(-c2ccc(-c3ccccc3)cc2)n1. The van der Waals surface area contributed by atoms with Gasteiger partial charge in [0, 0.05) is 27.5 Å². The van der Waals surface area contributed by atoms with Crippen molar-refractivity contribution in [3.63, 3.8) is 0 Å². The molecule has 0 fully saturated rings. The second kappa shape index (κ2) is 14.4. The Morgan fingerprint density at radius 2 is 0.789 bits per heavy atom. The minimum atomic E-state index is 0.559. The first-order valence-corrected chi connectivity index (χ1v) is 18.9. The van der Waals surface area contributed by atoms with Crippen LogP contribution in [0.15, 0.2) is 200 Å². The number of aromatic nitrogens is 4. The van der Waals surface area contributed by atoms with Crippen LogP contribution in [-0.2, 0) is 0 Å². The van der Waals surface area contributed by atoms with Gasteiger partial charge in [-0.05, 0) is 69.8 Å². The first-order chi connectivity index (χ1) is 28.2. The van der Waals surface area contributed by atoms with Crippen molar-refractivity contribution in [1.29, 1.82) is 5.26 Å². The Bertz CT molecular complexity index is 2990. The van der Waals surface area contributed by atoms with E-state index in [1.165, 1.54) is 0 Å². The summed E-state index contributed by atoms with van der Waals surface area (Å²) in [7, 11) is 0. The van der Waals surface area contributed by atoms with Crippen molar-refractivity contribution in [3.8, 4) is 79.3 Å². The van der Waals surface area contributed by atoms with E-state index in [0.29, 0.717) is 23.0 Å². The van der Waals surface area contributed by atoms with Crippen LogP contribution in [0, 0.1) is 11.3 Å². The fraction of sp³-hybridized carbons (Fsp3) is 0. The van der Waals surface area contributed by atoms with Gasteiger partial charge in [0.1, 0.15) is 0 Å². The average Bonchev–Trinajstić information content (AvgIpc) is 3.63. The predicted molar refractivity (Wildman–Crippen MR) is 231 cm³/mol. The molecule has 0 aliphatic rings. The summed E-state index contributed by atoms with van der Waals surface area (Å²) in [6.45, 7) is 0. The molecule has 0 spiro atoms. The Kier molecular flexibility index (Phi) is 8.48. The summed E-state index contributed by atoms with van der Waals surface area (Å²) in [5, 5.41) is 11.9. The van der Waals surface area contributed by atoms with Crippen LogP contribution in [0.3, 0.4) is 0 Å². The van der Waals surface area contributed by atoms with Gasteiger partial charge in [0.25, 0.3) is 0 Å². The van der Waals surface area contributed by atoms with Gasteiger partial charge < -0.3 is 4.57 Å². The zero-order chi connectivity index (χ0) is 38.1. The summed E-state index contributed by atoms with van der Waals surface area (Å²) in [6.07, 6.45) is 0. The third-order valence-corrected chi connectivity index (χ3v) is 10.5.